The number of rotatable bonds is 9. The maximum absolute atomic E-state index is 13.5. The van der Waals surface area contributed by atoms with E-state index < -0.39 is 24.0 Å². The monoisotopic (exact) mass is 506 g/mol. The molecule has 8 nitrogen and oxygen atoms in total. The van der Waals surface area contributed by atoms with E-state index in [4.69, 9.17) is 0 Å². The zero-order chi connectivity index (χ0) is 26.0. The minimum absolute atomic E-state index is 0.104. The third-order valence-electron chi connectivity index (χ3n) is 6.24. The molecule has 0 unspecified atom stereocenters. The molecule has 4 aromatic rings. The van der Waals surface area contributed by atoms with Crippen LogP contribution < -0.4 is 10.9 Å². The van der Waals surface area contributed by atoms with Crippen LogP contribution in [0.25, 0.3) is 16.0 Å². The zero-order valence-corrected chi connectivity index (χ0v) is 21.6. The summed E-state index contributed by atoms with van der Waals surface area (Å²) in [7, 11) is 0. The molecule has 0 fully saturated rings. The Morgan fingerprint density at radius 2 is 1.86 bits per heavy atom. The van der Waals surface area contributed by atoms with E-state index >= 15 is 0 Å². The number of fused-ring (bicyclic) bond motifs is 1. The van der Waals surface area contributed by atoms with Crippen molar-refractivity contribution in [2.24, 2.45) is 5.92 Å². The molecule has 0 aliphatic heterocycles. The molecular weight excluding hydrogens is 476 g/mol. The fraction of sp³-hybridized carbons (Fsp3) is 0.333. The van der Waals surface area contributed by atoms with Crippen LogP contribution in [-0.2, 0) is 9.59 Å². The Bertz CT molecular complexity index is 1450. The number of aryl methyl sites for hydroxylation is 2. The number of thiophene rings is 1. The van der Waals surface area contributed by atoms with E-state index in [-0.39, 0.29) is 17.9 Å². The minimum Gasteiger partial charge on any atom is -0.481 e. The van der Waals surface area contributed by atoms with Crippen molar-refractivity contribution < 1.29 is 14.7 Å². The first-order valence-corrected chi connectivity index (χ1v) is 12.7. The molecule has 0 bridgehead atoms. The Hall–Kier alpha value is -3.72. The topological polar surface area (TPSA) is 106 Å². The number of hydrogen-bond donors (Lipinski definition) is 2. The summed E-state index contributed by atoms with van der Waals surface area (Å²) in [5, 5.41) is 18.6. The molecule has 36 heavy (non-hydrogen) atoms. The summed E-state index contributed by atoms with van der Waals surface area (Å²) in [6, 6.07) is 9.85. The first-order valence-electron chi connectivity index (χ1n) is 11.9. The van der Waals surface area contributed by atoms with Gasteiger partial charge in [-0.15, -0.1) is 11.3 Å². The van der Waals surface area contributed by atoms with Crippen molar-refractivity contribution in [3.63, 3.8) is 0 Å². The number of aliphatic carboxylic acids is 1. The normalized spacial score (nSPS) is 13.1. The Labute approximate surface area is 213 Å². The molecule has 9 heteroatoms. The molecule has 1 amide bonds. The van der Waals surface area contributed by atoms with E-state index in [1.807, 2.05) is 57.3 Å². The van der Waals surface area contributed by atoms with Gasteiger partial charge in [-0.1, -0.05) is 32.0 Å². The molecule has 2 N–H and O–H groups in total. The van der Waals surface area contributed by atoms with Crippen molar-refractivity contribution in [2.75, 3.05) is 0 Å². The molecule has 3 heterocycles. The molecule has 0 saturated heterocycles. The molecule has 0 radical (unpaired) electrons. The summed E-state index contributed by atoms with van der Waals surface area (Å²) in [5.41, 5.74) is 4.15. The van der Waals surface area contributed by atoms with E-state index in [1.54, 1.807) is 22.7 Å². The van der Waals surface area contributed by atoms with Crippen LogP contribution in [0.4, 0.5) is 0 Å². The summed E-state index contributed by atoms with van der Waals surface area (Å²) >= 11 is 1.52. The van der Waals surface area contributed by atoms with E-state index in [2.05, 4.69) is 10.4 Å². The first kappa shape index (κ1) is 25.4. The summed E-state index contributed by atoms with van der Waals surface area (Å²) in [6.45, 7) is 8.01. The average molecular weight is 507 g/mol. The largest absolute Gasteiger partial charge is 0.481 e. The molecule has 0 saturated carbocycles. The van der Waals surface area contributed by atoms with E-state index in [0.717, 1.165) is 27.1 Å². The number of carbonyl (C=O) groups is 2. The lowest BCUT2D eigenvalue weighted by atomic mass is 9.99. The van der Waals surface area contributed by atoms with Gasteiger partial charge in [-0.3, -0.25) is 14.4 Å². The first-order chi connectivity index (χ1) is 17.2. The van der Waals surface area contributed by atoms with Gasteiger partial charge in [-0.2, -0.15) is 5.10 Å². The highest BCUT2D eigenvalue weighted by Gasteiger charge is 2.28. The van der Waals surface area contributed by atoms with Crippen molar-refractivity contribution >= 4 is 28.7 Å². The van der Waals surface area contributed by atoms with Gasteiger partial charge in [-0.25, -0.2) is 4.68 Å². The second-order valence-corrected chi connectivity index (χ2v) is 10.4. The Morgan fingerprint density at radius 3 is 2.53 bits per heavy atom. The van der Waals surface area contributed by atoms with E-state index in [0.29, 0.717) is 11.9 Å². The van der Waals surface area contributed by atoms with Crippen LogP contribution in [-0.4, -0.2) is 31.2 Å². The van der Waals surface area contributed by atoms with Crippen molar-refractivity contribution in [1.29, 1.82) is 0 Å². The van der Waals surface area contributed by atoms with Crippen LogP contribution in [0.2, 0.25) is 0 Å². The number of carbonyl (C=O) groups excluding carboxylic acids is 1. The smallest absolute Gasteiger partial charge is 0.305 e. The van der Waals surface area contributed by atoms with Crippen molar-refractivity contribution in [1.82, 2.24) is 19.5 Å². The summed E-state index contributed by atoms with van der Waals surface area (Å²) in [5.74, 6) is -1.35. The Balaban J connectivity index is 1.67. The molecule has 2 atom stereocenters. The van der Waals surface area contributed by atoms with Gasteiger partial charge < -0.3 is 14.8 Å². The predicted octanol–water partition coefficient (Wildman–Crippen LogP) is 4.76. The van der Waals surface area contributed by atoms with Crippen molar-refractivity contribution in [3.8, 4) is 10.4 Å². The standard InChI is InChI=1S/C27H30N4O4S/c1-16(2)11-22(31-27(35)21-9-6-10-30(21)15-28-31)26(34)29-20(13-24(32)33)19-12-23(36-14-19)25-17(3)7-5-8-18(25)4/h5-10,12,14-16,20,22H,11,13H2,1-4H3,(H,29,34)(H,32,33)/t20-,22-/m0/s1. The third kappa shape index (κ3) is 5.26. The number of nitrogens with one attached hydrogen (secondary N) is 1. The molecular formula is C27H30N4O4S. The van der Waals surface area contributed by atoms with Crippen molar-refractivity contribution in [3.05, 3.63) is 81.3 Å². The fourth-order valence-corrected chi connectivity index (χ4v) is 5.65. The van der Waals surface area contributed by atoms with Crippen LogP contribution in [0.5, 0.6) is 0 Å². The Kier molecular flexibility index (Phi) is 7.40. The van der Waals surface area contributed by atoms with Gasteiger partial charge in [0.1, 0.15) is 17.9 Å². The molecule has 1 aromatic carbocycles. The number of nitrogens with zero attached hydrogens (tertiary/aromatic N) is 3. The number of amides is 1. The van der Waals surface area contributed by atoms with Gasteiger partial charge in [0, 0.05) is 11.1 Å². The molecule has 0 aliphatic rings. The average Bonchev–Trinajstić information content (AvgIpc) is 3.47. The van der Waals surface area contributed by atoms with E-state index in [1.165, 1.54) is 22.3 Å². The summed E-state index contributed by atoms with van der Waals surface area (Å²) < 4.78 is 2.81. The third-order valence-corrected chi connectivity index (χ3v) is 7.21. The van der Waals surface area contributed by atoms with Gasteiger partial charge in [0.2, 0.25) is 5.91 Å². The SMILES string of the molecule is Cc1cccc(C)c1-c1cc([C@H](CC(=O)O)NC(=O)[C@H](CC(C)C)n2ncn3cccc3c2=O)cs1. The maximum Gasteiger partial charge on any atom is 0.305 e. The second kappa shape index (κ2) is 10.5. The van der Waals surface area contributed by atoms with Crippen LogP contribution in [0.3, 0.4) is 0 Å². The highest BCUT2D eigenvalue weighted by molar-refractivity contribution is 7.13. The van der Waals surface area contributed by atoms with Gasteiger partial charge in [0.05, 0.1) is 12.5 Å². The number of hydrogen-bond acceptors (Lipinski definition) is 5. The maximum atomic E-state index is 13.5. The lowest BCUT2D eigenvalue weighted by molar-refractivity contribution is -0.138. The highest BCUT2D eigenvalue weighted by Crippen LogP contribution is 2.35. The van der Waals surface area contributed by atoms with Crippen molar-refractivity contribution in [2.45, 2.75) is 52.6 Å². The van der Waals surface area contributed by atoms with Gasteiger partial charge in [0.15, 0.2) is 0 Å². The number of benzene rings is 1. The van der Waals surface area contributed by atoms with Crippen LogP contribution in [0.1, 0.15) is 55.5 Å². The molecule has 0 spiro atoms. The molecule has 3 aromatic heterocycles. The summed E-state index contributed by atoms with van der Waals surface area (Å²) in [4.78, 5) is 39.4. The highest BCUT2D eigenvalue weighted by atomic mass is 32.1. The second-order valence-electron chi connectivity index (χ2n) is 9.50. The fourth-order valence-electron chi connectivity index (χ4n) is 4.51. The van der Waals surface area contributed by atoms with Crippen LogP contribution >= 0.6 is 11.3 Å². The number of carboxylic acids is 1. The summed E-state index contributed by atoms with van der Waals surface area (Å²) in [6.07, 6.45) is 3.33. The zero-order valence-electron chi connectivity index (χ0n) is 20.8. The lowest BCUT2D eigenvalue weighted by Gasteiger charge is -2.23. The van der Waals surface area contributed by atoms with Gasteiger partial charge in [0.25, 0.3) is 5.56 Å². The van der Waals surface area contributed by atoms with Crippen LogP contribution in [0.15, 0.2) is 59.1 Å². The Morgan fingerprint density at radius 1 is 1.14 bits per heavy atom. The molecule has 0 aliphatic carbocycles. The lowest BCUT2D eigenvalue weighted by Crippen LogP contribution is -2.41. The predicted molar refractivity (Wildman–Crippen MR) is 140 cm³/mol. The number of carboxylic acid groups (broad SMARTS) is 1. The number of aromatic nitrogens is 3. The van der Waals surface area contributed by atoms with E-state index in [9.17, 15) is 19.5 Å². The van der Waals surface area contributed by atoms with Gasteiger partial charge >= 0.3 is 5.97 Å². The van der Waals surface area contributed by atoms with Crippen LogP contribution in [0, 0.1) is 19.8 Å². The molecule has 4 rings (SSSR count). The quantitative estimate of drug-likeness (QED) is 0.340. The minimum atomic E-state index is -1.02. The van der Waals surface area contributed by atoms with Gasteiger partial charge in [-0.05, 0) is 72.0 Å². The molecule has 188 valence electrons.